The number of allylic oxidation sites excluding steroid dienone is 16. The van der Waals surface area contributed by atoms with Gasteiger partial charge in [-0.25, -0.2) is 0 Å². The molecule has 0 aliphatic rings. The first-order chi connectivity index (χ1) is 32.0. The Balaban J connectivity index is -0.000000954. The van der Waals surface area contributed by atoms with Crippen molar-refractivity contribution in [2.45, 2.75) is 160 Å². The number of carbonyl (C=O) groups is 3. The molecule has 14 nitrogen and oxygen atoms in total. The van der Waals surface area contributed by atoms with Gasteiger partial charge in [0.15, 0.2) is 6.04 Å². The molecule has 0 aromatic heterocycles. The van der Waals surface area contributed by atoms with Gasteiger partial charge in [-0.05, 0) is 77.6 Å². The van der Waals surface area contributed by atoms with Gasteiger partial charge in [-0.15, -0.1) is 0 Å². The van der Waals surface area contributed by atoms with Crippen molar-refractivity contribution in [2.24, 2.45) is 0 Å². The monoisotopic (exact) mass is 940 g/mol. The summed E-state index contributed by atoms with van der Waals surface area (Å²) in [4.78, 5) is 31.6. The lowest BCUT2D eigenvalue weighted by atomic mass is 10.1. The average Bonchev–Trinajstić information content (AvgIpc) is 3.29. The number of carbonyl (C=O) groups excluding carboxylic acids is 3. The number of hydrogen-bond donors (Lipinski definition) is 9. The van der Waals surface area contributed by atoms with Gasteiger partial charge in [0.05, 0.1) is 42.6 Å². The lowest BCUT2D eigenvalue weighted by Crippen LogP contribution is -2.68. The van der Waals surface area contributed by atoms with E-state index in [1.165, 1.54) is 6.08 Å². The van der Waals surface area contributed by atoms with Crippen molar-refractivity contribution in [3.05, 3.63) is 146 Å². The van der Waals surface area contributed by atoms with Crippen molar-refractivity contribution in [1.82, 2.24) is 5.32 Å². The number of amides is 1. The molecule has 0 aliphatic heterocycles. The molecule has 0 fully saturated rings. The highest BCUT2D eigenvalue weighted by atomic mass is 16.4. The molecule has 8 atom stereocenters. The second-order valence-electron chi connectivity index (χ2n) is 15.4. The van der Waals surface area contributed by atoms with Crippen LogP contribution in [0.5, 0.6) is 0 Å². The Kier molecular flexibility index (Phi) is 48.3. The number of aliphatic carboxylic acids is 2. The molecule has 1 amide bonds. The van der Waals surface area contributed by atoms with E-state index in [4.69, 9.17) is 0 Å². The minimum absolute atomic E-state index is 0.0581. The van der Waals surface area contributed by atoms with Crippen molar-refractivity contribution in [1.29, 1.82) is 0 Å². The van der Waals surface area contributed by atoms with E-state index in [1.807, 2.05) is 61.6 Å². The van der Waals surface area contributed by atoms with Gasteiger partial charge in [-0.2, -0.15) is 0 Å². The van der Waals surface area contributed by atoms with Crippen LogP contribution in [-0.2, 0) is 14.4 Å². The third kappa shape index (κ3) is 50.2. The van der Waals surface area contributed by atoms with E-state index in [1.54, 1.807) is 92.0 Å². The maximum absolute atomic E-state index is 11.1. The van der Waals surface area contributed by atoms with E-state index < -0.39 is 54.6 Å². The minimum atomic E-state index is -1.12. The SMILES string of the molecule is CC/C=C\C[C@@H](O)/C=C/C=C\C=C\C=C\[C@@H](O)[C@@H](O)C/C=C\CCC.CC/C=C\C[C@@H](O)/C=C/C=C\C=C\C=C\[C@@H](O)[C@@H](O)C/C=C\CCC(=O)[O-].C[C@H]([NH3+])C(=O)NCCCC[C@H]([NH3+])C(=O)[O-]. The zero-order chi connectivity index (χ0) is 50.9. The zero-order valence-electron chi connectivity index (χ0n) is 40.5. The average molecular weight is 940 g/mol. The van der Waals surface area contributed by atoms with Gasteiger partial charge in [0.1, 0.15) is 6.04 Å². The topological polar surface area (TPSA) is 286 Å². The second kappa shape index (κ2) is 48.9. The van der Waals surface area contributed by atoms with Crippen molar-refractivity contribution in [3.63, 3.8) is 0 Å². The Morgan fingerprint density at radius 1 is 0.537 bits per heavy atom. The maximum Gasteiger partial charge on any atom is 0.277 e. The minimum Gasteiger partial charge on any atom is -0.550 e. The molecular weight excluding hydrogens is 855 g/mol. The number of rotatable bonds is 34. The van der Waals surface area contributed by atoms with Crippen LogP contribution < -0.4 is 27.0 Å². The molecule has 378 valence electrons. The summed E-state index contributed by atoms with van der Waals surface area (Å²) in [7, 11) is 0. The number of quaternary nitrogens is 2. The highest BCUT2D eigenvalue weighted by Crippen LogP contribution is 2.05. The Labute approximate surface area is 401 Å². The van der Waals surface area contributed by atoms with Crippen LogP contribution in [0.1, 0.15) is 111 Å². The second-order valence-corrected chi connectivity index (χ2v) is 15.4. The van der Waals surface area contributed by atoms with Gasteiger partial charge in [0.2, 0.25) is 0 Å². The number of carboxylic acid groups (broad SMARTS) is 2. The van der Waals surface area contributed by atoms with Gasteiger partial charge >= 0.3 is 0 Å². The summed E-state index contributed by atoms with van der Waals surface area (Å²) >= 11 is 0. The van der Waals surface area contributed by atoms with Crippen molar-refractivity contribution in [2.75, 3.05) is 6.54 Å². The predicted molar refractivity (Wildman–Crippen MR) is 265 cm³/mol. The van der Waals surface area contributed by atoms with Crippen LogP contribution >= 0.6 is 0 Å². The maximum atomic E-state index is 11.1. The lowest BCUT2D eigenvalue weighted by molar-refractivity contribution is -0.438. The van der Waals surface area contributed by atoms with Crippen molar-refractivity contribution >= 4 is 17.8 Å². The summed E-state index contributed by atoms with van der Waals surface area (Å²) in [5.74, 6) is -2.31. The van der Waals surface area contributed by atoms with Gasteiger partial charge < -0.3 is 67.2 Å². The number of hydrogen-bond acceptors (Lipinski definition) is 11. The number of carboxylic acids is 2. The molecule has 0 aromatic rings. The summed E-state index contributed by atoms with van der Waals surface area (Å²) in [6.45, 7) is 8.48. The molecular formula is C53H85N3O11. The summed E-state index contributed by atoms with van der Waals surface area (Å²) in [5, 5.41) is 81.7. The number of aliphatic hydroxyl groups is 6. The summed E-state index contributed by atoms with van der Waals surface area (Å²) in [6, 6.07) is -0.915. The van der Waals surface area contributed by atoms with E-state index >= 15 is 0 Å². The molecule has 0 saturated carbocycles. The fourth-order valence-electron chi connectivity index (χ4n) is 4.85. The van der Waals surface area contributed by atoms with E-state index in [2.05, 4.69) is 30.6 Å². The predicted octanol–water partition coefficient (Wildman–Crippen LogP) is 2.79. The molecule has 0 unspecified atom stereocenters. The normalized spacial score (nSPS) is 16.3. The van der Waals surface area contributed by atoms with Gasteiger partial charge in [-0.3, -0.25) is 4.79 Å². The Hall–Kier alpha value is -5.03. The Bertz CT molecular complexity index is 1610. The Morgan fingerprint density at radius 3 is 1.33 bits per heavy atom. The first-order valence-corrected chi connectivity index (χ1v) is 23.4. The smallest absolute Gasteiger partial charge is 0.277 e. The first kappa shape index (κ1) is 66.2. The molecule has 0 saturated heterocycles. The third-order valence-corrected chi connectivity index (χ3v) is 8.86. The van der Waals surface area contributed by atoms with Crippen molar-refractivity contribution in [3.8, 4) is 0 Å². The quantitative estimate of drug-likeness (QED) is 0.0257. The van der Waals surface area contributed by atoms with Crippen LogP contribution in [0.3, 0.4) is 0 Å². The van der Waals surface area contributed by atoms with Crippen LogP contribution in [0.25, 0.3) is 0 Å². The van der Waals surface area contributed by atoms with E-state index in [-0.39, 0.29) is 24.8 Å². The van der Waals surface area contributed by atoms with Crippen molar-refractivity contribution < 1.29 is 66.7 Å². The van der Waals surface area contributed by atoms with E-state index in [9.17, 15) is 55.2 Å². The fourth-order valence-corrected chi connectivity index (χ4v) is 4.85. The summed E-state index contributed by atoms with van der Waals surface area (Å²) in [6.07, 6.45) is 46.6. The molecule has 14 heteroatoms. The largest absolute Gasteiger partial charge is 0.550 e. The molecule has 0 bridgehead atoms. The first-order valence-electron chi connectivity index (χ1n) is 23.4. The van der Waals surface area contributed by atoms with Crippen LogP contribution in [0.15, 0.2) is 146 Å². The number of unbranched alkanes of at least 4 members (excludes halogenated alkanes) is 2. The molecule has 13 N–H and O–H groups in total. The molecule has 0 spiro atoms. The number of nitrogens with one attached hydrogen (secondary N) is 1. The standard InChI is InChI=1S/C22H32O5.C22H34O3.C9H19N3O3/c1-2-3-9-14-19(23)15-10-6-4-5-7-11-16-20(24)21(25)17-12-8-13-18-22(26)27;1-3-5-7-14-18-21(24)22(25)19-15-11-9-8-10-13-17-20(23)16-12-6-4-2;1-6(10)8(13)12-5-3-2-4-7(11)9(14)15/h3-12,15-16,19-21,23-25H,2,13-14,17-18H2,1H3,(H,26,27);6-15,17,19-25H,3-5,16,18H2,1-2H3;6-7H,2-5,10-11H2,1H3,(H,12,13)(H,14,15)/b6-4-,7-5+,9-3-,12-8-,15-10+,16-11+;10-8-,11-9+,12-6-,14-7-,17-13+,19-15+;/t19-,20-,21+;20-,21+,22-;6-,7-/m110/s1. The molecule has 0 rings (SSSR count). The summed E-state index contributed by atoms with van der Waals surface area (Å²) < 4.78 is 0. The fraction of sp³-hybridized carbons (Fsp3) is 0.491. The highest BCUT2D eigenvalue weighted by Gasteiger charge is 2.12. The zero-order valence-corrected chi connectivity index (χ0v) is 40.5. The summed E-state index contributed by atoms with van der Waals surface area (Å²) in [5.41, 5.74) is 7.02. The highest BCUT2D eigenvalue weighted by molar-refractivity contribution is 5.79. The molecule has 0 radical (unpaired) electrons. The van der Waals surface area contributed by atoms with Gasteiger partial charge in [0.25, 0.3) is 5.91 Å². The van der Waals surface area contributed by atoms with Crippen LogP contribution in [0.2, 0.25) is 0 Å². The van der Waals surface area contributed by atoms with Crippen LogP contribution in [-0.4, -0.2) is 104 Å². The molecule has 0 heterocycles. The molecule has 0 aromatic carbocycles. The lowest BCUT2D eigenvalue weighted by Gasteiger charge is -2.11. The third-order valence-electron chi connectivity index (χ3n) is 8.86. The van der Waals surface area contributed by atoms with Gasteiger partial charge in [-0.1, -0.05) is 173 Å². The number of aliphatic hydroxyl groups excluding tert-OH is 6. The van der Waals surface area contributed by atoms with Crippen LogP contribution in [0, 0.1) is 0 Å². The molecule has 67 heavy (non-hydrogen) atoms. The Morgan fingerprint density at radius 2 is 0.940 bits per heavy atom. The van der Waals surface area contributed by atoms with E-state index in [0.29, 0.717) is 45.1 Å². The van der Waals surface area contributed by atoms with Crippen LogP contribution in [0.4, 0.5) is 0 Å². The van der Waals surface area contributed by atoms with Gasteiger partial charge in [0, 0.05) is 18.9 Å². The molecule has 0 aliphatic carbocycles. The van der Waals surface area contributed by atoms with E-state index in [0.717, 1.165) is 32.1 Å².